The van der Waals surface area contributed by atoms with E-state index in [1.165, 1.54) is 0 Å². The lowest BCUT2D eigenvalue weighted by molar-refractivity contribution is -0.138. The molecule has 2 amide bonds. The average molecular weight is 421 g/mol. The van der Waals surface area contributed by atoms with Gasteiger partial charge in [-0.05, 0) is 36.1 Å². The average Bonchev–Trinajstić information content (AvgIpc) is 3.13. The van der Waals surface area contributed by atoms with Gasteiger partial charge in [0.25, 0.3) is 5.91 Å². The largest absolute Gasteiger partial charge is 0.338 e. The summed E-state index contributed by atoms with van der Waals surface area (Å²) in [5, 5.41) is 0. The fraction of sp³-hybridized carbons (Fsp3) is 0.480. The Balaban J connectivity index is 1.37. The monoisotopic (exact) mass is 420 g/mol. The van der Waals surface area contributed by atoms with Crippen molar-refractivity contribution in [2.45, 2.75) is 39.3 Å². The van der Waals surface area contributed by atoms with Gasteiger partial charge >= 0.3 is 0 Å². The van der Waals surface area contributed by atoms with Crippen LogP contribution >= 0.6 is 0 Å². The zero-order chi connectivity index (χ0) is 21.8. The van der Waals surface area contributed by atoms with Gasteiger partial charge < -0.3 is 9.80 Å². The van der Waals surface area contributed by atoms with Crippen LogP contribution in [0.2, 0.25) is 0 Å². The number of hydrogen-bond donors (Lipinski definition) is 0. The number of piperazine rings is 1. The van der Waals surface area contributed by atoms with E-state index in [0.29, 0.717) is 32.0 Å². The topological polar surface area (TPSA) is 56.8 Å². The molecule has 2 aromatic rings. The minimum atomic E-state index is -0.389. The third kappa shape index (κ3) is 4.96. The van der Waals surface area contributed by atoms with Gasteiger partial charge in [0, 0.05) is 63.1 Å². The van der Waals surface area contributed by atoms with Crippen LogP contribution in [0.1, 0.15) is 41.9 Å². The van der Waals surface area contributed by atoms with Crippen molar-refractivity contribution in [1.82, 2.24) is 19.7 Å². The van der Waals surface area contributed by atoms with E-state index in [0.717, 1.165) is 42.9 Å². The number of fused-ring (bicyclic) bond motifs is 1. The van der Waals surface area contributed by atoms with Crippen LogP contribution in [0.3, 0.4) is 0 Å². The highest BCUT2D eigenvalue weighted by molar-refractivity contribution is 6.01. The molecule has 1 aromatic heterocycles. The van der Waals surface area contributed by atoms with Crippen LogP contribution in [0.4, 0.5) is 0 Å². The van der Waals surface area contributed by atoms with Gasteiger partial charge in [-0.15, -0.1) is 0 Å². The highest BCUT2D eigenvalue weighted by atomic mass is 16.2. The molecule has 0 bridgehead atoms. The van der Waals surface area contributed by atoms with Crippen molar-refractivity contribution in [3.63, 3.8) is 0 Å². The third-order valence-corrected chi connectivity index (χ3v) is 6.30. The molecule has 0 saturated carbocycles. The highest BCUT2D eigenvalue weighted by Crippen LogP contribution is 2.28. The van der Waals surface area contributed by atoms with E-state index in [1.807, 2.05) is 47.5 Å². The van der Waals surface area contributed by atoms with E-state index in [2.05, 4.69) is 29.8 Å². The quantitative estimate of drug-likeness (QED) is 0.691. The summed E-state index contributed by atoms with van der Waals surface area (Å²) in [6.45, 7) is 8.86. The summed E-state index contributed by atoms with van der Waals surface area (Å²) in [6, 6.07) is 13.3. The van der Waals surface area contributed by atoms with E-state index in [1.54, 1.807) is 4.90 Å². The van der Waals surface area contributed by atoms with E-state index >= 15 is 0 Å². The number of rotatable bonds is 7. The van der Waals surface area contributed by atoms with Crippen LogP contribution in [0.15, 0.2) is 48.7 Å². The molecule has 0 unspecified atom stereocenters. The zero-order valence-corrected chi connectivity index (χ0v) is 18.5. The second-order valence-corrected chi connectivity index (χ2v) is 8.97. The normalized spacial score (nSPS) is 17.8. The second-order valence-electron chi connectivity index (χ2n) is 8.97. The van der Waals surface area contributed by atoms with Gasteiger partial charge in [-0.3, -0.25) is 19.5 Å². The molecule has 6 nitrogen and oxygen atoms in total. The molecule has 1 atom stereocenters. The molecule has 2 aliphatic heterocycles. The SMILES string of the molecule is CC(C)C[C@H](C(=O)N1CCN(CCc2ccccn2)CC1)N1Cc2ccccc2C1=O. The Morgan fingerprint density at radius 2 is 1.77 bits per heavy atom. The molecule has 1 aromatic carbocycles. The summed E-state index contributed by atoms with van der Waals surface area (Å²) in [4.78, 5) is 37.1. The first-order valence-corrected chi connectivity index (χ1v) is 11.3. The number of nitrogens with zero attached hydrogens (tertiary/aromatic N) is 4. The van der Waals surface area contributed by atoms with E-state index in [-0.39, 0.29) is 17.9 Å². The third-order valence-electron chi connectivity index (χ3n) is 6.30. The summed E-state index contributed by atoms with van der Waals surface area (Å²) >= 11 is 0. The summed E-state index contributed by atoms with van der Waals surface area (Å²) in [5.74, 6) is 0.424. The number of hydrogen-bond acceptors (Lipinski definition) is 4. The molecule has 0 N–H and O–H groups in total. The van der Waals surface area contributed by atoms with Gasteiger partial charge in [0.05, 0.1) is 0 Å². The molecule has 2 aliphatic rings. The lowest BCUT2D eigenvalue weighted by Gasteiger charge is -2.38. The molecule has 0 spiro atoms. The Labute approximate surface area is 184 Å². The van der Waals surface area contributed by atoms with E-state index < -0.39 is 0 Å². The number of pyridine rings is 1. The van der Waals surface area contributed by atoms with Crippen LogP contribution in [0.5, 0.6) is 0 Å². The number of carbonyl (C=O) groups excluding carboxylic acids is 2. The van der Waals surface area contributed by atoms with E-state index in [4.69, 9.17) is 0 Å². The minimum Gasteiger partial charge on any atom is -0.338 e. The minimum absolute atomic E-state index is 0.0106. The van der Waals surface area contributed by atoms with Crippen molar-refractivity contribution in [2.75, 3.05) is 32.7 Å². The zero-order valence-electron chi connectivity index (χ0n) is 18.5. The molecular formula is C25H32N4O2. The molecule has 0 radical (unpaired) electrons. The predicted molar refractivity (Wildman–Crippen MR) is 121 cm³/mol. The molecule has 1 saturated heterocycles. The molecule has 0 aliphatic carbocycles. The first-order chi connectivity index (χ1) is 15.0. The summed E-state index contributed by atoms with van der Waals surface area (Å²) < 4.78 is 0. The number of benzene rings is 1. The van der Waals surface area contributed by atoms with Crippen LogP contribution in [0.25, 0.3) is 0 Å². The van der Waals surface area contributed by atoms with Crippen LogP contribution in [-0.4, -0.2) is 70.3 Å². The summed E-state index contributed by atoms with van der Waals surface area (Å²) in [6.07, 6.45) is 3.45. The Kier molecular flexibility index (Phi) is 6.66. The van der Waals surface area contributed by atoms with Crippen molar-refractivity contribution in [1.29, 1.82) is 0 Å². The molecule has 6 heteroatoms. The number of amides is 2. The van der Waals surface area contributed by atoms with Crippen molar-refractivity contribution in [3.05, 3.63) is 65.5 Å². The van der Waals surface area contributed by atoms with Crippen molar-refractivity contribution < 1.29 is 9.59 Å². The Morgan fingerprint density at radius 1 is 1.03 bits per heavy atom. The van der Waals surface area contributed by atoms with Gasteiger partial charge in [0.15, 0.2) is 0 Å². The lowest BCUT2D eigenvalue weighted by atomic mass is 10.0. The lowest BCUT2D eigenvalue weighted by Crippen LogP contribution is -2.55. The van der Waals surface area contributed by atoms with Gasteiger partial charge in [0.2, 0.25) is 5.91 Å². The van der Waals surface area contributed by atoms with E-state index in [9.17, 15) is 9.59 Å². The van der Waals surface area contributed by atoms with Gasteiger partial charge in [-0.1, -0.05) is 38.1 Å². The van der Waals surface area contributed by atoms with Crippen molar-refractivity contribution in [3.8, 4) is 0 Å². The van der Waals surface area contributed by atoms with Crippen molar-refractivity contribution >= 4 is 11.8 Å². The maximum atomic E-state index is 13.5. The Morgan fingerprint density at radius 3 is 2.45 bits per heavy atom. The molecule has 3 heterocycles. The first kappa shape index (κ1) is 21.5. The van der Waals surface area contributed by atoms with Crippen LogP contribution < -0.4 is 0 Å². The molecule has 31 heavy (non-hydrogen) atoms. The fourth-order valence-electron chi connectivity index (χ4n) is 4.56. The maximum Gasteiger partial charge on any atom is 0.255 e. The van der Waals surface area contributed by atoms with Crippen LogP contribution in [0, 0.1) is 5.92 Å². The number of aromatic nitrogens is 1. The van der Waals surface area contributed by atoms with Crippen molar-refractivity contribution in [2.24, 2.45) is 5.92 Å². The maximum absolute atomic E-state index is 13.5. The molecule has 4 rings (SSSR count). The summed E-state index contributed by atoms with van der Waals surface area (Å²) in [7, 11) is 0. The molecule has 1 fully saturated rings. The Bertz CT molecular complexity index is 907. The van der Waals surface area contributed by atoms with Gasteiger partial charge in [0.1, 0.15) is 6.04 Å². The Hall–Kier alpha value is -2.73. The molecule has 164 valence electrons. The standard InChI is InChI=1S/C25H32N4O2/c1-19(2)17-23(29-18-20-7-3-4-9-22(20)24(29)30)25(31)28-15-13-27(14-16-28)12-10-21-8-5-6-11-26-21/h3-9,11,19,23H,10,12-18H2,1-2H3/t23-/m1/s1. The van der Waals surface area contributed by atoms with Gasteiger partial charge in [-0.25, -0.2) is 0 Å². The fourth-order valence-corrected chi connectivity index (χ4v) is 4.56. The number of carbonyl (C=O) groups is 2. The second kappa shape index (κ2) is 9.60. The van der Waals surface area contributed by atoms with Gasteiger partial charge in [-0.2, -0.15) is 0 Å². The summed E-state index contributed by atoms with van der Waals surface area (Å²) in [5.41, 5.74) is 2.86. The highest BCUT2D eigenvalue weighted by Gasteiger charge is 2.38. The van der Waals surface area contributed by atoms with Crippen LogP contribution in [-0.2, 0) is 17.8 Å². The molecular weight excluding hydrogens is 388 g/mol. The predicted octanol–water partition coefficient (Wildman–Crippen LogP) is 2.84. The smallest absolute Gasteiger partial charge is 0.255 e. The first-order valence-electron chi connectivity index (χ1n) is 11.3.